The van der Waals surface area contributed by atoms with Crippen LogP contribution in [-0.2, 0) is 10.8 Å². The number of benzene rings is 5. The molecule has 1 N–H and O–H groups in total. The van der Waals surface area contributed by atoms with E-state index in [0.29, 0.717) is 16.8 Å². The van der Waals surface area contributed by atoms with Gasteiger partial charge in [0.2, 0.25) is 0 Å². The molecule has 0 bridgehead atoms. The van der Waals surface area contributed by atoms with E-state index >= 15 is 0 Å². The molecule has 276 valence electrons. The molecular formula is C51H45N3O2. The van der Waals surface area contributed by atoms with Crippen LogP contribution in [0.4, 0.5) is 0 Å². The fraction of sp³-hybridized carbons (Fsp3) is 0.176. The Bertz CT molecular complexity index is 2940. The maximum Gasteiger partial charge on any atom is 0.148 e. The molecule has 5 aromatic carbocycles. The molecule has 4 heterocycles. The highest BCUT2D eigenvalue weighted by Crippen LogP contribution is 2.43. The highest BCUT2D eigenvalue weighted by molar-refractivity contribution is 6.10. The van der Waals surface area contributed by atoms with Crippen LogP contribution in [0.15, 0.2) is 144 Å². The largest absolute Gasteiger partial charge is 0.507 e. The van der Waals surface area contributed by atoms with Gasteiger partial charge < -0.3 is 9.52 Å². The second kappa shape index (κ2) is 13.1. The monoisotopic (exact) mass is 731 g/mol. The van der Waals surface area contributed by atoms with Gasteiger partial charge in [-0.3, -0.25) is 4.40 Å². The minimum Gasteiger partial charge on any atom is -0.507 e. The molecule has 56 heavy (non-hydrogen) atoms. The van der Waals surface area contributed by atoms with Gasteiger partial charge in [0, 0.05) is 33.7 Å². The molecule has 9 rings (SSSR count). The van der Waals surface area contributed by atoms with Crippen molar-refractivity contribution in [2.75, 3.05) is 0 Å². The first-order valence-corrected chi connectivity index (χ1v) is 19.3. The second-order valence-corrected chi connectivity index (χ2v) is 17.0. The molecule has 0 saturated carbocycles. The number of hydrogen-bond donors (Lipinski definition) is 1. The SMILES string of the molecule is Cc1ccccc1-c1cc(-c2cccc(-c3nc4ccccn4c3-c3cc(C(C)(C)C)cc(C(C)(C)C)c3)c2)nc(-c2c(O)ccc3c2oc2ccccc23)c1. The molecule has 0 saturated heterocycles. The number of aromatic hydroxyl groups is 1. The summed E-state index contributed by atoms with van der Waals surface area (Å²) in [7, 11) is 0. The zero-order chi connectivity index (χ0) is 38.9. The van der Waals surface area contributed by atoms with Crippen molar-refractivity contribution in [2.24, 2.45) is 0 Å². The molecule has 9 aromatic rings. The van der Waals surface area contributed by atoms with Crippen LogP contribution in [0.3, 0.4) is 0 Å². The van der Waals surface area contributed by atoms with Crippen LogP contribution in [0.25, 0.3) is 83.7 Å². The van der Waals surface area contributed by atoms with Crippen LogP contribution in [-0.4, -0.2) is 19.5 Å². The average Bonchev–Trinajstić information content (AvgIpc) is 3.76. The van der Waals surface area contributed by atoms with Crippen molar-refractivity contribution in [2.45, 2.75) is 59.3 Å². The molecule has 0 unspecified atom stereocenters. The summed E-state index contributed by atoms with van der Waals surface area (Å²) in [5.74, 6) is 0.118. The van der Waals surface area contributed by atoms with E-state index in [-0.39, 0.29) is 16.6 Å². The first kappa shape index (κ1) is 35.3. The van der Waals surface area contributed by atoms with Crippen molar-refractivity contribution in [1.29, 1.82) is 0 Å². The van der Waals surface area contributed by atoms with E-state index in [9.17, 15) is 5.11 Å². The molecule has 0 radical (unpaired) electrons. The molecule has 0 aliphatic rings. The number of phenols is 1. The molecule has 0 aliphatic carbocycles. The fourth-order valence-electron chi connectivity index (χ4n) is 7.81. The summed E-state index contributed by atoms with van der Waals surface area (Å²) in [4.78, 5) is 10.6. The quantitative estimate of drug-likeness (QED) is 0.191. The lowest BCUT2D eigenvalue weighted by atomic mass is 9.79. The molecular weight excluding hydrogens is 687 g/mol. The third-order valence-corrected chi connectivity index (χ3v) is 11.0. The van der Waals surface area contributed by atoms with Crippen molar-refractivity contribution >= 4 is 27.6 Å². The zero-order valence-electron chi connectivity index (χ0n) is 33.0. The summed E-state index contributed by atoms with van der Waals surface area (Å²) in [5.41, 5.74) is 15.0. The number of fused-ring (bicyclic) bond motifs is 4. The Kier molecular flexibility index (Phi) is 8.24. The number of furan rings is 1. The Labute approximate surface area is 328 Å². The minimum atomic E-state index is -0.0385. The number of rotatable bonds is 5. The second-order valence-electron chi connectivity index (χ2n) is 17.0. The van der Waals surface area contributed by atoms with Crippen LogP contribution in [0, 0.1) is 6.92 Å². The first-order valence-electron chi connectivity index (χ1n) is 19.3. The average molecular weight is 732 g/mol. The van der Waals surface area contributed by atoms with Crippen molar-refractivity contribution < 1.29 is 9.52 Å². The summed E-state index contributed by atoms with van der Waals surface area (Å²) in [5, 5.41) is 13.4. The molecule has 4 aromatic heterocycles. The number of hydrogen-bond acceptors (Lipinski definition) is 4. The Morgan fingerprint density at radius 1 is 0.571 bits per heavy atom. The smallest absolute Gasteiger partial charge is 0.148 e. The Hall–Kier alpha value is -6.46. The van der Waals surface area contributed by atoms with Gasteiger partial charge in [-0.25, -0.2) is 9.97 Å². The molecule has 0 fully saturated rings. The molecule has 0 atom stereocenters. The van der Waals surface area contributed by atoms with Crippen LogP contribution in [0.2, 0.25) is 0 Å². The number of aromatic nitrogens is 3. The van der Waals surface area contributed by atoms with Gasteiger partial charge in [-0.15, -0.1) is 0 Å². The predicted octanol–water partition coefficient (Wildman–Crippen LogP) is 13.6. The maximum absolute atomic E-state index is 11.5. The number of para-hydroxylation sites is 1. The van der Waals surface area contributed by atoms with E-state index in [2.05, 4.69) is 150 Å². The number of imidazole rings is 1. The van der Waals surface area contributed by atoms with E-state index in [0.717, 1.165) is 72.5 Å². The predicted molar refractivity (Wildman–Crippen MR) is 231 cm³/mol. The zero-order valence-corrected chi connectivity index (χ0v) is 33.0. The van der Waals surface area contributed by atoms with Gasteiger partial charge in [0.05, 0.1) is 28.3 Å². The van der Waals surface area contributed by atoms with Crippen molar-refractivity contribution in [3.63, 3.8) is 0 Å². The van der Waals surface area contributed by atoms with Gasteiger partial charge in [0.1, 0.15) is 22.6 Å². The van der Waals surface area contributed by atoms with Crippen LogP contribution >= 0.6 is 0 Å². The van der Waals surface area contributed by atoms with Crippen molar-refractivity contribution in [3.8, 4) is 61.9 Å². The van der Waals surface area contributed by atoms with Gasteiger partial charge in [0.15, 0.2) is 0 Å². The maximum atomic E-state index is 11.5. The van der Waals surface area contributed by atoms with Gasteiger partial charge in [0.25, 0.3) is 0 Å². The van der Waals surface area contributed by atoms with Gasteiger partial charge in [-0.2, -0.15) is 0 Å². The minimum absolute atomic E-state index is 0.0385. The molecule has 0 aliphatic heterocycles. The lowest BCUT2D eigenvalue weighted by molar-refractivity contribution is 0.477. The molecule has 0 amide bonds. The number of aryl methyl sites for hydroxylation is 1. The van der Waals surface area contributed by atoms with E-state index in [1.165, 1.54) is 11.1 Å². The summed E-state index contributed by atoms with van der Waals surface area (Å²) < 4.78 is 8.65. The molecule has 0 spiro atoms. The first-order chi connectivity index (χ1) is 26.8. The van der Waals surface area contributed by atoms with Crippen molar-refractivity contribution in [3.05, 3.63) is 156 Å². The molecule has 5 heteroatoms. The Morgan fingerprint density at radius 2 is 1.27 bits per heavy atom. The van der Waals surface area contributed by atoms with Crippen LogP contribution < -0.4 is 0 Å². The van der Waals surface area contributed by atoms with Crippen molar-refractivity contribution in [1.82, 2.24) is 14.4 Å². The van der Waals surface area contributed by atoms with E-state index in [1.54, 1.807) is 6.07 Å². The standard InChI is InChI=1S/C51H45N3O2/c1-31-15-8-9-18-38(31)34-28-41(52-42(29-34)46-43(55)23-22-40-39-19-10-11-20-44(39)56-49(40)46)32-16-14-17-33(25-32)47-48(54-24-13-12-21-45(54)53-47)35-26-36(50(2,3)4)30-37(27-35)51(5,6)7/h8-30,55H,1-7H3. The number of pyridine rings is 2. The third kappa shape index (κ3) is 6.14. The van der Waals surface area contributed by atoms with E-state index < -0.39 is 0 Å². The summed E-state index contributed by atoms with van der Waals surface area (Å²) >= 11 is 0. The van der Waals surface area contributed by atoms with Gasteiger partial charge in [-0.1, -0.05) is 114 Å². The highest BCUT2D eigenvalue weighted by Gasteiger charge is 2.25. The normalized spacial score (nSPS) is 12.3. The molecule has 5 nitrogen and oxygen atoms in total. The van der Waals surface area contributed by atoms with Gasteiger partial charge in [-0.05, 0) is 106 Å². The number of nitrogens with zero attached hydrogens (tertiary/aromatic N) is 3. The van der Waals surface area contributed by atoms with Gasteiger partial charge >= 0.3 is 0 Å². The summed E-state index contributed by atoms with van der Waals surface area (Å²) in [6.45, 7) is 15.8. The topological polar surface area (TPSA) is 63.6 Å². The highest BCUT2D eigenvalue weighted by atomic mass is 16.3. The van der Waals surface area contributed by atoms with E-state index in [1.807, 2.05) is 36.4 Å². The summed E-state index contributed by atoms with van der Waals surface area (Å²) in [6, 6.07) is 46.0. The Balaban J connectivity index is 1.27. The summed E-state index contributed by atoms with van der Waals surface area (Å²) in [6.07, 6.45) is 2.11. The lowest BCUT2D eigenvalue weighted by Gasteiger charge is -2.26. The number of phenolic OH excluding ortho intramolecular Hbond substituents is 1. The van der Waals surface area contributed by atoms with Crippen LogP contribution in [0.5, 0.6) is 5.75 Å². The fourth-order valence-corrected chi connectivity index (χ4v) is 7.81. The van der Waals surface area contributed by atoms with Crippen LogP contribution in [0.1, 0.15) is 58.2 Å². The lowest BCUT2D eigenvalue weighted by Crippen LogP contribution is -2.16. The third-order valence-electron chi connectivity index (χ3n) is 11.0. The Morgan fingerprint density at radius 3 is 2.04 bits per heavy atom. The van der Waals surface area contributed by atoms with E-state index in [4.69, 9.17) is 14.4 Å².